The molecular formula is C13H18FNO3. The van der Waals surface area contributed by atoms with Gasteiger partial charge < -0.3 is 15.6 Å². The summed E-state index contributed by atoms with van der Waals surface area (Å²) in [5.41, 5.74) is 5.23. The molecule has 0 radical (unpaired) electrons. The molecule has 0 aliphatic heterocycles. The molecule has 0 amide bonds. The van der Waals surface area contributed by atoms with Gasteiger partial charge in [-0.2, -0.15) is 0 Å². The van der Waals surface area contributed by atoms with Crippen molar-refractivity contribution < 1.29 is 19.0 Å². The van der Waals surface area contributed by atoms with Crippen molar-refractivity contribution in [2.45, 2.75) is 26.8 Å². The first-order valence-electron chi connectivity index (χ1n) is 5.65. The number of rotatable bonds is 5. The molecule has 0 heterocycles. The lowest BCUT2D eigenvalue weighted by atomic mass is 9.95. The topological polar surface area (TPSA) is 72.5 Å². The van der Waals surface area contributed by atoms with Gasteiger partial charge in [0.1, 0.15) is 18.2 Å². The smallest absolute Gasteiger partial charge is 0.312 e. The minimum absolute atomic E-state index is 0.00626. The number of carboxylic acid groups (broad SMARTS) is 1. The second kappa shape index (κ2) is 5.35. The van der Waals surface area contributed by atoms with Gasteiger partial charge in [0.2, 0.25) is 0 Å². The van der Waals surface area contributed by atoms with E-state index < -0.39 is 17.2 Å². The summed E-state index contributed by atoms with van der Waals surface area (Å²) in [5, 5.41) is 8.98. The van der Waals surface area contributed by atoms with Gasteiger partial charge in [-0.25, -0.2) is 4.39 Å². The van der Waals surface area contributed by atoms with E-state index in [0.29, 0.717) is 11.3 Å². The molecule has 0 aliphatic carbocycles. The van der Waals surface area contributed by atoms with Crippen molar-refractivity contribution in [2.75, 3.05) is 6.61 Å². The fourth-order valence-electron chi connectivity index (χ4n) is 1.33. The Bertz CT molecular complexity index is 444. The van der Waals surface area contributed by atoms with Crippen LogP contribution < -0.4 is 10.5 Å². The predicted octanol–water partition coefficient (Wildman–Crippen LogP) is 2.33. The molecule has 0 saturated carbocycles. The van der Waals surface area contributed by atoms with Gasteiger partial charge >= 0.3 is 5.97 Å². The molecule has 4 nitrogen and oxygen atoms in total. The van der Waals surface area contributed by atoms with Crippen LogP contribution in [0.25, 0.3) is 0 Å². The van der Waals surface area contributed by atoms with Crippen molar-refractivity contribution in [2.24, 2.45) is 11.1 Å². The standard InChI is InChI=1S/C13H18FNO3/c1-8(15)10-6-9(14)4-5-11(10)18-7-13(2,3)12(16)17/h4-6,8H,7,15H2,1-3H3,(H,16,17). The molecular weight excluding hydrogens is 237 g/mol. The van der Waals surface area contributed by atoms with E-state index in [4.69, 9.17) is 15.6 Å². The van der Waals surface area contributed by atoms with E-state index in [-0.39, 0.29) is 12.6 Å². The lowest BCUT2D eigenvalue weighted by Crippen LogP contribution is -2.31. The molecule has 0 saturated heterocycles. The van der Waals surface area contributed by atoms with Crippen LogP contribution in [0.2, 0.25) is 0 Å². The van der Waals surface area contributed by atoms with Crippen LogP contribution in [0, 0.1) is 11.2 Å². The Morgan fingerprint density at radius 1 is 1.56 bits per heavy atom. The van der Waals surface area contributed by atoms with Crippen LogP contribution in [0.5, 0.6) is 5.75 Å². The van der Waals surface area contributed by atoms with E-state index in [0.717, 1.165) is 0 Å². The van der Waals surface area contributed by atoms with Gasteiger partial charge in [0.05, 0.1) is 5.41 Å². The van der Waals surface area contributed by atoms with Crippen LogP contribution in [0.1, 0.15) is 32.4 Å². The Hall–Kier alpha value is -1.62. The Balaban J connectivity index is 2.88. The number of aliphatic carboxylic acids is 1. The summed E-state index contributed by atoms with van der Waals surface area (Å²) in [6.45, 7) is 4.83. The fraction of sp³-hybridized carbons (Fsp3) is 0.462. The summed E-state index contributed by atoms with van der Waals surface area (Å²) in [6.07, 6.45) is 0. The second-order valence-electron chi connectivity index (χ2n) is 4.95. The maximum absolute atomic E-state index is 13.1. The highest BCUT2D eigenvalue weighted by molar-refractivity contribution is 5.73. The molecule has 1 atom stereocenters. The van der Waals surface area contributed by atoms with Crippen LogP contribution in [-0.2, 0) is 4.79 Å². The van der Waals surface area contributed by atoms with Crippen LogP contribution >= 0.6 is 0 Å². The zero-order chi connectivity index (χ0) is 13.9. The number of nitrogens with two attached hydrogens (primary N) is 1. The molecule has 0 bridgehead atoms. The third kappa shape index (κ3) is 3.43. The summed E-state index contributed by atoms with van der Waals surface area (Å²) in [5.74, 6) is -0.931. The maximum Gasteiger partial charge on any atom is 0.312 e. The van der Waals surface area contributed by atoms with Gasteiger partial charge in [-0.15, -0.1) is 0 Å². The average Bonchev–Trinajstić information content (AvgIpc) is 2.27. The highest BCUT2D eigenvalue weighted by Crippen LogP contribution is 2.27. The third-order valence-electron chi connectivity index (χ3n) is 2.63. The van der Waals surface area contributed by atoms with E-state index in [1.807, 2.05) is 0 Å². The van der Waals surface area contributed by atoms with Crippen LogP contribution in [0.15, 0.2) is 18.2 Å². The predicted molar refractivity (Wildman–Crippen MR) is 65.9 cm³/mol. The van der Waals surface area contributed by atoms with E-state index in [1.54, 1.807) is 20.8 Å². The highest BCUT2D eigenvalue weighted by atomic mass is 19.1. The van der Waals surface area contributed by atoms with Gasteiger partial charge in [0, 0.05) is 11.6 Å². The third-order valence-corrected chi connectivity index (χ3v) is 2.63. The molecule has 3 N–H and O–H groups in total. The number of hydrogen-bond donors (Lipinski definition) is 2. The number of benzene rings is 1. The molecule has 1 rings (SSSR count). The van der Waals surface area contributed by atoms with Crippen molar-refractivity contribution in [3.8, 4) is 5.75 Å². The number of carboxylic acids is 1. The van der Waals surface area contributed by atoms with Crippen LogP contribution in [-0.4, -0.2) is 17.7 Å². The Morgan fingerprint density at radius 2 is 2.17 bits per heavy atom. The molecule has 1 unspecified atom stereocenters. The number of ether oxygens (including phenoxy) is 1. The first kappa shape index (κ1) is 14.4. The van der Waals surface area contributed by atoms with Gasteiger partial charge in [0.25, 0.3) is 0 Å². The lowest BCUT2D eigenvalue weighted by molar-refractivity contribution is -0.148. The van der Waals surface area contributed by atoms with Gasteiger partial charge in [0.15, 0.2) is 0 Å². The zero-order valence-electron chi connectivity index (χ0n) is 10.7. The van der Waals surface area contributed by atoms with E-state index in [1.165, 1.54) is 18.2 Å². The summed E-state index contributed by atoms with van der Waals surface area (Å²) < 4.78 is 18.6. The molecule has 0 fully saturated rings. The first-order valence-corrected chi connectivity index (χ1v) is 5.65. The van der Waals surface area contributed by atoms with Crippen molar-refractivity contribution in [1.29, 1.82) is 0 Å². The van der Waals surface area contributed by atoms with E-state index in [9.17, 15) is 9.18 Å². The van der Waals surface area contributed by atoms with Crippen LogP contribution in [0.3, 0.4) is 0 Å². The molecule has 18 heavy (non-hydrogen) atoms. The zero-order valence-corrected chi connectivity index (χ0v) is 10.7. The second-order valence-corrected chi connectivity index (χ2v) is 4.95. The Labute approximate surface area is 106 Å². The molecule has 5 heteroatoms. The number of halogens is 1. The normalized spacial score (nSPS) is 13.2. The average molecular weight is 255 g/mol. The van der Waals surface area contributed by atoms with E-state index in [2.05, 4.69) is 0 Å². The van der Waals surface area contributed by atoms with Crippen molar-refractivity contribution in [3.63, 3.8) is 0 Å². The molecule has 100 valence electrons. The molecule has 1 aromatic rings. The minimum Gasteiger partial charge on any atom is -0.492 e. The Kier molecular flexibility index (Phi) is 4.29. The Morgan fingerprint density at radius 3 is 2.67 bits per heavy atom. The number of hydrogen-bond acceptors (Lipinski definition) is 3. The van der Waals surface area contributed by atoms with Crippen molar-refractivity contribution in [1.82, 2.24) is 0 Å². The first-order chi connectivity index (χ1) is 8.24. The summed E-state index contributed by atoms with van der Waals surface area (Å²) >= 11 is 0. The SMILES string of the molecule is CC(N)c1cc(F)ccc1OCC(C)(C)C(=O)O. The molecule has 0 aliphatic rings. The monoisotopic (exact) mass is 255 g/mol. The quantitative estimate of drug-likeness (QED) is 0.847. The molecule has 0 aromatic heterocycles. The molecule has 1 aromatic carbocycles. The van der Waals surface area contributed by atoms with Gasteiger partial charge in [-0.1, -0.05) is 0 Å². The minimum atomic E-state index is -1.01. The van der Waals surface area contributed by atoms with E-state index >= 15 is 0 Å². The summed E-state index contributed by atoms with van der Waals surface area (Å²) in [7, 11) is 0. The van der Waals surface area contributed by atoms with Crippen molar-refractivity contribution in [3.05, 3.63) is 29.6 Å². The summed E-state index contributed by atoms with van der Waals surface area (Å²) in [4.78, 5) is 11.0. The summed E-state index contributed by atoms with van der Waals surface area (Å²) in [6, 6.07) is 3.64. The maximum atomic E-state index is 13.1. The van der Waals surface area contributed by atoms with Gasteiger partial charge in [-0.3, -0.25) is 4.79 Å². The fourth-order valence-corrected chi connectivity index (χ4v) is 1.33. The molecule has 0 spiro atoms. The lowest BCUT2D eigenvalue weighted by Gasteiger charge is -2.21. The van der Waals surface area contributed by atoms with Crippen LogP contribution in [0.4, 0.5) is 4.39 Å². The van der Waals surface area contributed by atoms with Crippen molar-refractivity contribution >= 4 is 5.97 Å². The number of carbonyl (C=O) groups is 1. The highest BCUT2D eigenvalue weighted by Gasteiger charge is 2.28. The van der Waals surface area contributed by atoms with Gasteiger partial charge in [-0.05, 0) is 39.0 Å². The largest absolute Gasteiger partial charge is 0.492 e.